The number of nitrogens with two attached hydrogens (primary N) is 1. The summed E-state index contributed by atoms with van der Waals surface area (Å²) in [5, 5.41) is 3.98. The summed E-state index contributed by atoms with van der Waals surface area (Å²) in [5.41, 5.74) is 5.83. The van der Waals surface area contributed by atoms with Gasteiger partial charge in [-0.1, -0.05) is 18.0 Å². The molecule has 2 aromatic rings. The summed E-state index contributed by atoms with van der Waals surface area (Å²) < 4.78 is 5.39. The van der Waals surface area contributed by atoms with Crippen molar-refractivity contribution in [2.75, 3.05) is 6.54 Å². The predicted octanol–water partition coefficient (Wildman–Crippen LogP) is 1.76. The minimum atomic E-state index is 0.281. The Bertz CT molecular complexity index is 527. The smallest absolute Gasteiger partial charge is 0.240 e. The van der Waals surface area contributed by atoms with Gasteiger partial charge in [0.05, 0.1) is 0 Å². The van der Waals surface area contributed by atoms with Crippen LogP contribution in [0.1, 0.15) is 37.5 Å². The molecule has 1 saturated carbocycles. The molecule has 19 heavy (non-hydrogen) atoms. The molecular weight excluding hydrogens is 242 g/mol. The Morgan fingerprint density at radius 3 is 2.74 bits per heavy atom. The highest BCUT2D eigenvalue weighted by atomic mass is 16.5. The van der Waals surface area contributed by atoms with Crippen LogP contribution in [0.5, 0.6) is 0 Å². The normalized spacial score (nSPS) is 23.4. The van der Waals surface area contributed by atoms with Gasteiger partial charge in [-0.2, -0.15) is 4.98 Å². The molecule has 3 rings (SSSR count). The molecule has 1 fully saturated rings. The maximum Gasteiger partial charge on any atom is 0.240 e. The lowest BCUT2D eigenvalue weighted by molar-refractivity contribution is 0.249. The van der Waals surface area contributed by atoms with E-state index < -0.39 is 0 Å². The van der Waals surface area contributed by atoms with E-state index in [-0.39, 0.29) is 5.92 Å². The first-order valence-corrected chi connectivity index (χ1v) is 6.69. The fraction of sp³-hybridized carbons (Fsp3) is 0.538. The minimum Gasteiger partial charge on any atom is -0.339 e. The van der Waals surface area contributed by atoms with E-state index in [1.807, 2.05) is 0 Å². The predicted molar refractivity (Wildman–Crippen MR) is 69.1 cm³/mol. The summed E-state index contributed by atoms with van der Waals surface area (Å²) in [7, 11) is 0. The minimum absolute atomic E-state index is 0.281. The maximum atomic E-state index is 5.83. The molecule has 0 bridgehead atoms. The Kier molecular flexibility index (Phi) is 3.50. The fourth-order valence-corrected chi connectivity index (χ4v) is 2.71. The second-order valence-electron chi connectivity index (χ2n) is 4.92. The topological polar surface area (TPSA) is 90.7 Å². The second-order valence-corrected chi connectivity index (χ2v) is 4.92. The fourth-order valence-electron chi connectivity index (χ4n) is 2.71. The van der Waals surface area contributed by atoms with Crippen LogP contribution in [-0.4, -0.2) is 26.7 Å². The average Bonchev–Trinajstić information content (AvgIpc) is 2.98. The summed E-state index contributed by atoms with van der Waals surface area (Å²) in [4.78, 5) is 12.7. The third-order valence-electron chi connectivity index (χ3n) is 3.74. The molecule has 6 nitrogen and oxygen atoms in total. The standard InChI is InChI=1S/C13H17N5O/c14-8-9-4-1-2-5-10(9)13-17-12(18-19-13)11-15-6-3-7-16-11/h3,6-7,9-10H,1-2,4-5,8,14H2. The molecule has 1 aliphatic rings. The van der Waals surface area contributed by atoms with Crippen LogP contribution in [0.4, 0.5) is 0 Å². The maximum absolute atomic E-state index is 5.83. The molecule has 0 radical (unpaired) electrons. The van der Waals surface area contributed by atoms with E-state index in [9.17, 15) is 0 Å². The first kappa shape index (κ1) is 12.2. The number of hydrogen-bond acceptors (Lipinski definition) is 6. The van der Waals surface area contributed by atoms with E-state index in [1.54, 1.807) is 18.5 Å². The van der Waals surface area contributed by atoms with Gasteiger partial charge in [-0.15, -0.1) is 0 Å². The van der Waals surface area contributed by atoms with Gasteiger partial charge < -0.3 is 10.3 Å². The van der Waals surface area contributed by atoms with E-state index >= 15 is 0 Å². The summed E-state index contributed by atoms with van der Waals surface area (Å²) >= 11 is 0. The summed E-state index contributed by atoms with van der Waals surface area (Å²) in [6, 6.07) is 1.76. The zero-order chi connectivity index (χ0) is 13.1. The Morgan fingerprint density at radius 1 is 1.16 bits per heavy atom. The highest BCUT2D eigenvalue weighted by molar-refractivity contribution is 5.40. The van der Waals surface area contributed by atoms with E-state index in [0.29, 0.717) is 30.0 Å². The largest absolute Gasteiger partial charge is 0.339 e. The van der Waals surface area contributed by atoms with Crippen LogP contribution in [0, 0.1) is 5.92 Å². The van der Waals surface area contributed by atoms with Gasteiger partial charge in [0.25, 0.3) is 0 Å². The molecule has 2 N–H and O–H groups in total. The van der Waals surface area contributed by atoms with Crippen molar-refractivity contribution >= 4 is 0 Å². The van der Waals surface area contributed by atoms with E-state index in [1.165, 1.54) is 12.8 Å². The van der Waals surface area contributed by atoms with Crippen LogP contribution in [0.15, 0.2) is 23.0 Å². The SMILES string of the molecule is NCC1CCCCC1c1nc(-c2ncccn2)no1. The molecule has 6 heteroatoms. The summed E-state index contributed by atoms with van der Waals surface area (Å²) in [6.45, 7) is 0.671. The lowest BCUT2D eigenvalue weighted by Gasteiger charge is -2.27. The van der Waals surface area contributed by atoms with Gasteiger partial charge in [-0.05, 0) is 31.4 Å². The Balaban J connectivity index is 1.84. The molecule has 2 heterocycles. The monoisotopic (exact) mass is 259 g/mol. The van der Waals surface area contributed by atoms with Gasteiger partial charge in [0.1, 0.15) is 0 Å². The van der Waals surface area contributed by atoms with Crippen molar-refractivity contribution in [2.24, 2.45) is 11.7 Å². The third-order valence-corrected chi connectivity index (χ3v) is 3.74. The number of aromatic nitrogens is 4. The summed E-state index contributed by atoms with van der Waals surface area (Å²) in [5.74, 6) is 2.36. The van der Waals surface area contributed by atoms with Crippen LogP contribution in [0.25, 0.3) is 11.6 Å². The molecule has 0 spiro atoms. The first-order valence-electron chi connectivity index (χ1n) is 6.69. The highest BCUT2D eigenvalue weighted by Crippen LogP contribution is 2.36. The Morgan fingerprint density at radius 2 is 1.95 bits per heavy atom. The van der Waals surface area contributed by atoms with Crippen molar-refractivity contribution in [3.63, 3.8) is 0 Å². The van der Waals surface area contributed by atoms with Crippen molar-refractivity contribution in [3.05, 3.63) is 24.4 Å². The Hall–Kier alpha value is -1.82. The molecule has 0 aliphatic heterocycles. The van der Waals surface area contributed by atoms with E-state index in [0.717, 1.165) is 12.8 Å². The van der Waals surface area contributed by atoms with Crippen LogP contribution in [0.2, 0.25) is 0 Å². The van der Waals surface area contributed by atoms with Crippen molar-refractivity contribution < 1.29 is 4.52 Å². The van der Waals surface area contributed by atoms with Crippen LogP contribution in [0.3, 0.4) is 0 Å². The molecule has 2 atom stereocenters. The van der Waals surface area contributed by atoms with Gasteiger partial charge in [-0.25, -0.2) is 9.97 Å². The van der Waals surface area contributed by atoms with Crippen molar-refractivity contribution in [1.82, 2.24) is 20.1 Å². The van der Waals surface area contributed by atoms with Crippen molar-refractivity contribution in [1.29, 1.82) is 0 Å². The van der Waals surface area contributed by atoms with Crippen LogP contribution >= 0.6 is 0 Å². The zero-order valence-corrected chi connectivity index (χ0v) is 10.7. The van der Waals surface area contributed by atoms with Gasteiger partial charge in [0.2, 0.25) is 17.5 Å². The lowest BCUT2D eigenvalue weighted by atomic mass is 9.79. The van der Waals surface area contributed by atoms with Crippen LogP contribution < -0.4 is 5.73 Å². The third kappa shape index (κ3) is 2.49. The number of rotatable bonds is 3. The van der Waals surface area contributed by atoms with Crippen LogP contribution in [-0.2, 0) is 0 Å². The van der Waals surface area contributed by atoms with E-state index in [4.69, 9.17) is 10.3 Å². The summed E-state index contributed by atoms with van der Waals surface area (Å²) in [6.07, 6.45) is 7.98. The molecule has 100 valence electrons. The number of hydrogen-bond donors (Lipinski definition) is 1. The average molecular weight is 259 g/mol. The quantitative estimate of drug-likeness (QED) is 0.903. The molecule has 0 saturated heterocycles. The highest BCUT2D eigenvalue weighted by Gasteiger charge is 2.30. The van der Waals surface area contributed by atoms with Gasteiger partial charge in [0, 0.05) is 18.3 Å². The zero-order valence-electron chi connectivity index (χ0n) is 10.7. The first-order chi connectivity index (χ1) is 9.38. The molecule has 0 aromatic carbocycles. The lowest BCUT2D eigenvalue weighted by Crippen LogP contribution is -2.25. The second kappa shape index (κ2) is 5.44. The van der Waals surface area contributed by atoms with Crippen molar-refractivity contribution in [3.8, 4) is 11.6 Å². The Labute approximate surface area is 111 Å². The molecule has 2 aromatic heterocycles. The van der Waals surface area contributed by atoms with Gasteiger partial charge in [0.15, 0.2) is 0 Å². The molecule has 1 aliphatic carbocycles. The molecule has 0 amide bonds. The van der Waals surface area contributed by atoms with E-state index in [2.05, 4.69) is 20.1 Å². The number of nitrogens with zero attached hydrogens (tertiary/aromatic N) is 4. The molecule has 2 unspecified atom stereocenters. The van der Waals surface area contributed by atoms with Gasteiger partial charge in [-0.3, -0.25) is 0 Å². The van der Waals surface area contributed by atoms with Crippen molar-refractivity contribution in [2.45, 2.75) is 31.6 Å². The molecular formula is C13H17N5O. The van der Waals surface area contributed by atoms with Gasteiger partial charge >= 0.3 is 0 Å².